The van der Waals surface area contributed by atoms with Crippen molar-refractivity contribution >= 4 is 16.1 Å². The van der Waals surface area contributed by atoms with Crippen molar-refractivity contribution < 1.29 is 9.84 Å². The summed E-state index contributed by atoms with van der Waals surface area (Å²) in [4.78, 5) is 1.23. The largest absolute Gasteiger partial charge is 0.482 e. The highest BCUT2D eigenvalue weighted by atomic mass is 28.4. The fourth-order valence-electron chi connectivity index (χ4n) is 2.11. The van der Waals surface area contributed by atoms with Gasteiger partial charge in [0.15, 0.2) is 0 Å². The Bertz CT molecular complexity index is 259. The normalized spacial score (nSPS) is 13.6. The SMILES string of the molecule is CC(C)(C)OC(O)=C([Si](C)(C)C)[Si](C)(C)C. The van der Waals surface area contributed by atoms with E-state index >= 15 is 0 Å². The molecule has 0 amide bonds. The van der Waals surface area contributed by atoms with Crippen molar-refractivity contribution in [2.75, 3.05) is 0 Å². The lowest BCUT2D eigenvalue weighted by Crippen LogP contribution is -2.42. The van der Waals surface area contributed by atoms with E-state index < -0.39 is 16.1 Å². The summed E-state index contributed by atoms with van der Waals surface area (Å²) in [7, 11) is -3.04. The first-order valence-electron chi connectivity index (χ1n) is 5.88. The molecular weight excluding hydrogens is 232 g/mol. The first-order valence-corrected chi connectivity index (χ1v) is 12.9. The van der Waals surface area contributed by atoms with Gasteiger partial charge in [0, 0.05) is 0 Å². The summed E-state index contributed by atoms with van der Waals surface area (Å²) in [5.41, 5.74) is -0.325. The predicted octanol–water partition coefficient (Wildman–Crippen LogP) is 4.33. The topological polar surface area (TPSA) is 29.5 Å². The zero-order valence-corrected chi connectivity index (χ0v) is 14.4. The van der Waals surface area contributed by atoms with Gasteiger partial charge >= 0.3 is 0 Å². The molecule has 0 unspecified atom stereocenters. The maximum Gasteiger partial charge on any atom is 0.268 e. The lowest BCUT2D eigenvalue weighted by Gasteiger charge is -2.33. The number of ether oxygens (including phenoxy) is 1. The molecule has 0 saturated carbocycles. The molecule has 0 aliphatic heterocycles. The van der Waals surface area contributed by atoms with Crippen LogP contribution in [0.4, 0.5) is 0 Å². The highest BCUT2D eigenvalue weighted by Crippen LogP contribution is 2.29. The molecule has 0 bridgehead atoms. The van der Waals surface area contributed by atoms with Gasteiger partial charge in [-0.2, -0.15) is 0 Å². The van der Waals surface area contributed by atoms with Crippen LogP contribution in [0.1, 0.15) is 20.8 Å². The molecule has 0 aliphatic rings. The molecule has 96 valence electrons. The molecule has 0 radical (unpaired) electrons. The Kier molecular flexibility index (Phi) is 4.50. The number of aliphatic hydroxyl groups excluding tert-OH is 1. The number of rotatable bonds is 3. The van der Waals surface area contributed by atoms with Crippen LogP contribution >= 0.6 is 0 Å². The van der Waals surface area contributed by atoms with Crippen molar-refractivity contribution in [3.63, 3.8) is 0 Å². The molecule has 2 nitrogen and oxygen atoms in total. The van der Waals surface area contributed by atoms with Crippen LogP contribution in [-0.2, 0) is 4.74 Å². The monoisotopic (exact) mass is 260 g/mol. The second-order valence-corrected chi connectivity index (χ2v) is 17.9. The standard InChI is InChI=1S/C12H28O2Si2/c1-12(2,3)14-10(13)11(15(4,5)6)16(7,8)9/h13H,1-9H3. The molecule has 0 spiro atoms. The Balaban J connectivity index is 5.42. The van der Waals surface area contributed by atoms with E-state index in [4.69, 9.17) is 4.74 Å². The van der Waals surface area contributed by atoms with E-state index in [1.54, 1.807) is 0 Å². The van der Waals surface area contributed by atoms with Gasteiger partial charge in [0.25, 0.3) is 5.95 Å². The summed E-state index contributed by atoms with van der Waals surface area (Å²) >= 11 is 0. The van der Waals surface area contributed by atoms with Crippen LogP contribution in [0.5, 0.6) is 0 Å². The van der Waals surface area contributed by atoms with Gasteiger partial charge in [-0.1, -0.05) is 39.3 Å². The van der Waals surface area contributed by atoms with Crippen LogP contribution < -0.4 is 0 Å². The average molecular weight is 261 g/mol. The molecule has 0 atom stereocenters. The molecule has 0 heterocycles. The van der Waals surface area contributed by atoms with Crippen LogP contribution in [0.2, 0.25) is 39.3 Å². The summed E-state index contributed by atoms with van der Waals surface area (Å²) in [6.45, 7) is 19.5. The zero-order valence-electron chi connectivity index (χ0n) is 12.4. The molecule has 4 heteroatoms. The Morgan fingerprint density at radius 2 is 1.19 bits per heavy atom. The third-order valence-electron chi connectivity index (χ3n) is 2.12. The fourth-order valence-corrected chi connectivity index (χ4v) is 12.5. The number of hydrogen-bond acceptors (Lipinski definition) is 2. The third kappa shape index (κ3) is 5.21. The van der Waals surface area contributed by atoms with Crippen LogP contribution in [0, 0.1) is 0 Å². The van der Waals surface area contributed by atoms with Crippen molar-refractivity contribution in [3.8, 4) is 0 Å². The second kappa shape index (κ2) is 4.57. The average Bonchev–Trinajstić information content (AvgIpc) is 1.70. The van der Waals surface area contributed by atoms with E-state index in [2.05, 4.69) is 39.3 Å². The Morgan fingerprint density at radius 1 is 0.875 bits per heavy atom. The van der Waals surface area contributed by atoms with E-state index in [-0.39, 0.29) is 11.5 Å². The van der Waals surface area contributed by atoms with Gasteiger partial charge in [0.2, 0.25) is 0 Å². The Hall–Kier alpha value is -0.226. The van der Waals surface area contributed by atoms with Gasteiger partial charge in [-0.3, -0.25) is 0 Å². The van der Waals surface area contributed by atoms with Gasteiger partial charge in [-0.15, -0.1) is 0 Å². The molecule has 0 aromatic rings. The molecule has 1 N–H and O–H groups in total. The minimum atomic E-state index is -1.52. The van der Waals surface area contributed by atoms with Gasteiger partial charge in [-0.25, -0.2) is 0 Å². The van der Waals surface area contributed by atoms with Gasteiger partial charge in [-0.05, 0) is 25.6 Å². The van der Waals surface area contributed by atoms with Crippen molar-refractivity contribution in [2.45, 2.75) is 65.7 Å². The van der Waals surface area contributed by atoms with E-state index in [1.165, 1.54) is 4.82 Å². The van der Waals surface area contributed by atoms with E-state index in [0.29, 0.717) is 0 Å². The molecule has 0 fully saturated rings. The molecule has 0 aromatic carbocycles. The fraction of sp³-hybridized carbons (Fsp3) is 0.833. The lowest BCUT2D eigenvalue weighted by atomic mass is 10.2. The zero-order chi connectivity index (χ0) is 13.4. The number of hydrogen-bond donors (Lipinski definition) is 1. The summed E-state index contributed by atoms with van der Waals surface area (Å²) in [5.74, 6) is 0.200. The van der Waals surface area contributed by atoms with Crippen LogP contribution in [0.3, 0.4) is 0 Å². The summed E-state index contributed by atoms with van der Waals surface area (Å²) in [6, 6.07) is 0. The molecule has 0 saturated heterocycles. The van der Waals surface area contributed by atoms with E-state index in [0.717, 1.165) is 0 Å². The molecule has 0 aliphatic carbocycles. The van der Waals surface area contributed by atoms with Crippen molar-refractivity contribution in [1.82, 2.24) is 0 Å². The maximum atomic E-state index is 10.2. The molecule has 0 rings (SSSR count). The lowest BCUT2D eigenvalue weighted by molar-refractivity contribution is -0.0149. The Labute approximate surface area is 103 Å². The van der Waals surface area contributed by atoms with Crippen molar-refractivity contribution in [2.24, 2.45) is 0 Å². The second-order valence-electron chi connectivity index (χ2n) is 7.39. The number of aliphatic hydroxyl groups is 1. The van der Waals surface area contributed by atoms with E-state index in [9.17, 15) is 5.11 Å². The first-order chi connectivity index (χ1) is 6.75. The summed E-state index contributed by atoms with van der Waals surface area (Å²) in [6.07, 6.45) is 0. The minimum absolute atomic E-state index is 0.200. The molecule has 16 heavy (non-hydrogen) atoms. The first kappa shape index (κ1) is 15.8. The summed E-state index contributed by atoms with van der Waals surface area (Å²) in [5, 5.41) is 10.2. The summed E-state index contributed by atoms with van der Waals surface area (Å²) < 4.78 is 5.66. The molecular formula is C12H28O2Si2. The highest BCUT2D eigenvalue weighted by Gasteiger charge is 2.36. The van der Waals surface area contributed by atoms with Gasteiger partial charge < -0.3 is 9.84 Å². The maximum absolute atomic E-state index is 10.2. The van der Waals surface area contributed by atoms with Crippen LogP contribution in [0.25, 0.3) is 0 Å². The van der Waals surface area contributed by atoms with E-state index in [1.807, 2.05) is 20.8 Å². The van der Waals surface area contributed by atoms with Gasteiger partial charge in [0.1, 0.15) is 5.60 Å². The van der Waals surface area contributed by atoms with Crippen molar-refractivity contribution in [3.05, 3.63) is 10.8 Å². The third-order valence-corrected chi connectivity index (χ3v) is 10.0. The minimum Gasteiger partial charge on any atom is -0.482 e. The van der Waals surface area contributed by atoms with Crippen LogP contribution in [0.15, 0.2) is 10.8 Å². The van der Waals surface area contributed by atoms with Crippen molar-refractivity contribution in [1.29, 1.82) is 0 Å². The van der Waals surface area contributed by atoms with Gasteiger partial charge in [0.05, 0.1) is 16.1 Å². The Morgan fingerprint density at radius 3 is 1.38 bits per heavy atom. The smallest absolute Gasteiger partial charge is 0.268 e. The predicted molar refractivity (Wildman–Crippen MR) is 77.2 cm³/mol. The van der Waals surface area contributed by atoms with Crippen LogP contribution in [-0.4, -0.2) is 26.9 Å². The highest BCUT2D eigenvalue weighted by molar-refractivity contribution is 7.04. The quantitative estimate of drug-likeness (QED) is 0.605. The molecule has 0 aromatic heterocycles.